The summed E-state index contributed by atoms with van der Waals surface area (Å²) in [5.74, 6) is 0. The van der Waals surface area contributed by atoms with Crippen LogP contribution in [0.3, 0.4) is 0 Å². The van der Waals surface area contributed by atoms with E-state index in [4.69, 9.17) is 0 Å². The number of aromatic nitrogens is 1. The first-order valence-corrected chi connectivity index (χ1v) is 7.61. The molecule has 9 heteroatoms. The molecule has 106 valence electrons. The molecule has 0 fully saturated rings. The number of halogens is 1. The predicted octanol–water partition coefficient (Wildman–Crippen LogP) is 1.94. The number of amides is 1. The summed E-state index contributed by atoms with van der Waals surface area (Å²) in [6.07, 6.45) is -1.45. The van der Waals surface area contributed by atoms with E-state index in [0.717, 1.165) is 0 Å². The van der Waals surface area contributed by atoms with Crippen LogP contribution in [0.25, 0.3) is 0 Å². The van der Waals surface area contributed by atoms with Crippen molar-refractivity contribution >= 4 is 37.9 Å². The van der Waals surface area contributed by atoms with E-state index in [9.17, 15) is 13.2 Å². The highest BCUT2D eigenvalue weighted by molar-refractivity contribution is 9.10. The number of ether oxygens (including phenoxy) is 1. The molecule has 0 aliphatic carbocycles. The molecule has 0 saturated carbocycles. The number of hydrogen-bond donors (Lipinski definition) is 2. The molecule has 0 atom stereocenters. The Morgan fingerprint density at radius 2 is 2.05 bits per heavy atom. The van der Waals surface area contributed by atoms with Gasteiger partial charge in [-0.2, -0.15) is 8.42 Å². The van der Waals surface area contributed by atoms with Crippen molar-refractivity contribution in [1.29, 1.82) is 0 Å². The zero-order valence-corrected chi connectivity index (χ0v) is 13.0. The van der Waals surface area contributed by atoms with E-state index in [1.54, 1.807) is 31.6 Å². The first-order valence-electron chi connectivity index (χ1n) is 5.34. The highest BCUT2D eigenvalue weighted by atomic mass is 79.9. The minimum absolute atomic E-state index is 0.271. The molecule has 0 aliphatic heterocycles. The fourth-order valence-electron chi connectivity index (χ4n) is 1.16. The molecule has 1 aromatic heterocycles. The number of anilines is 1. The zero-order valence-electron chi connectivity index (χ0n) is 10.6. The quantitative estimate of drug-likeness (QED) is 0.807. The van der Waals surface area contributed by atoms with Crippen molar-refractivity contribution in [1.82, 2.24) is 9.71 Å². The summed E-state index contributed by atoms with van der Waals surface area (Å²) < 4.78 is 32.5. The van der Waals surface area contributed by atoms with E-state index in [1.807, 2.05) is 0 Å². The molecule has 0 aromatic carbocycles. The number of carbonyl (C=O) groups excluding carboxylic acids is 1. The molecular formula is C10H14BrN3O4S. The van der Waals surface area contributed by atoms with Crippen molar-refractivity contribution in [2.24, 2.45) is 0 Å². The Kier molecular flexibility index (Phi) is 5.12. The number of hydrogen-bond acceptors (Lipinski definition) is 5. The van der Waals surface area contributed by atoms with Crippen molar-refractivity contribution in [2.45, 2.75) is 26.9 Å². The number of carbonyl (C=O) groups is 1. The molecule has 0 radical (unpaired) electrons. The highest BCUT2D eigenvalue weighted by Gasteiger charge is 2.17. The number of pyridine rings is 1. The third-order valence-electron chi connectivity index (χ3n) is 1.86. The Bertz CT molecular complexity index is 574. The van der Waals surface area contributed by atoms with Crippen LogP contribution in [-0.4, -0.2) is 25.6 Å². The fraction of sp³-hybridized carbons (Fsp3) is 0.400. The molecule has 1 heterocycles. The molecule has 0 saturated heterocycles. The van der Waals surface area contributed by atoms with E-state index in [0.29, 0.717) is 10.3 Å². The summed E-state index contributed by atoms with van der Waals surface area (Å²) in [5.41, 5.74) is 0.741. The summed E-state index contributed by atoms with van der Waals surface area (Å²) in [4.78, 5) is 15.3. The summed E-state index contributed by atoms with van der Waals surface area (Å²) in [6, 6.07) is 3.11. The van der Waals surface area contributed by atoms with Gasteiger partial charge in [0.15, 0.2) is 0 Å². The Labute approximate surface area is 120 Å². The van der Waals surface area contributed by atoms with Crippen molar-refractivity contribution < 1.29 is 17.9 Å². The fourth-order valence-corrected chi connectivity index (χ4v) is 2.38. The van der Waals surface area contributed by atoms with Gasteiger partial charge in [-0.25, -0.2) is 14.5 Å². The average Bonchev–Trinajstić information content (AvgIpc) is 2.19. The SMILES string of the molecule is Cc1nc(Br)ccc1NS(=O)(=O)NC(=O)OC(C)C. The lowest BCUT2D eigenvalue weighted by Gasteiger charge is -2.12. The summed E-state index contributed by atoms with van der Waals surface area (Å²) in [5, 5.41) is 0. The van der Waals surface area contributed by atoms with Gasteiger partial charge in [-0.3, -0.25) is 4.72 Å². The third-order valence-corrected chi connectivity index (χ3v) is 3.22. The van der Waals surface area contributed by atoms with Crippen molar-refractivity contribution in [2.75, 3.05) is 4.72 Å². The summed E-state index contributed by atoms with van der Waals surface area (Å²) >= 11 is 3.17. The first-order chi connectivity index (χ1) is 8.69. The topological polar surface area (TPSA) is 97.4 Å². The second-order valence-corrected chi connectivity index (χ2v) is 6.16. The van der Waals surface area contributed by atoms with E-state index in [2.05, 4.69) is 30.4 Å². The minimum Gasteiger partial charge on any atom is -0.446 e. The highest BCUT2D eigenvalue weighted by Crippen LogP contribution is 2.16. The molecule has 1 aromatic rings. The number of nitrogens with zero attached hydrogens (tertiary/aromatic N) is 1. The van der Waals surface area contributed by atoms with Crippen LogP contribution in [0.4, 0.5) is 10.5 Å². The second-order valence-electron chi connectivity index (χ2n) is 3.93. The van der Waals surface area contributed by atoms with Crippen LogP contribution >= 0.6 is 15.9 Å². The molecule has 0 bridgehead atoms. The van der Waals surface area contributed by atoms with Gasteiger partial charge >= 0.3 is 16.3 Å². The summed E-state index contributed by atoms with van der Waals surface area (Å²) in [7, 11) is -4.04. The van der Waals surface area contributed by atoms with Crippen LogP contribution in [0.15, 0.2) is 16.7 Å². The third kappa shape index (κ3) is 5.43. The Hall–Kier alpha value is -1.35. The molecular weight excluding hydrogens is 338 g/mol. The maximum absolute atomic E-state index is 11.7. The molecule has 1 rings (SSSR count). The first kappa shape index (κ1) is 15.7. The van der Waals surface area contributed by atoms with Gasteiger partial charge in [-0.05, 0) is 48.8 Å². The van der Waals surface area contributed by atoms with Gasteiger partial charge in [0.25, 0.3) is 0 Å². The normalized spacial score (nSPS) is 11.2. The van der Waals surface area contributed by atoms with Gasteiger partial charge < -0.3 is 4.74 Å². The van der Waals surface area contributed by atoms with Crippen LogP contribution in [0.1, 0.15) is 19.5 Å². The van der Waals surface area contributed by atoms with Crippen LogP contribution in [0.2, 0.25) is 0 Å². The lowest BCUT2D eigenvalue weighted by atomic mass is 10.3. The van der Waals surface area contributed by atoms with Gasteiger partial charge in [-0.1, -0.05) is 0 Å². The Morgan fingerprint density at radius 1 is 1.42 bits per heavy atom. The van der Waals surface area contributed by atoms with Crippen molar-refractivity contribution in [3.05, 3.63) is 22.4 Å². The van der Waals surface area contributed by atoms with E-state index >= 15 is 0 Å². The number of rotatable bonds is 4. The molecule has 1 amide bonds. The van der Waals surface area contributed by atoms with E-state index < -0.39 is 22.4 Å². The van der Waals surface area contributed by atoms with Crippen LogP contribution in [0.5, 0.6) is 0 Å². The zero-order chi connectivity index (χ0) is 14.6. The predicted molar refractivity (Wildman–Crippen MR) is 74.0 cm³/mol. The molecule has 0 unspecified atom stereocenters. The smallest absolute Gasteiger partial charge is 0.422 e. The average molecular weight is 352 g/mol. The van der Waals surface area contributed by atoms with Crippen LogP contribution in [-0.2, 0) is 14.9 Å². The molecule has 7 nitrogen and oxygen atoms in total. The minimum atomic E-state index is -4.04. The summed E-state index contributed by atoms with van der Waals surface area (Å²) in [6.45, 7) is 4.86. The maximum atomic E-state index is 11.7. The molecule has 2 N–H and O–H groups in total. The van der Waals surface area contributed by atoms with Gasteiger partial charge in [0.05, 0.1) is 17.5 Å². The lowest BCUT2D eigenvalue weighted by Crippen LogP contribution is -2.37. The van der Waals surface area contributed by atoms with E-state index in [-0.39, 0.29) is 5.69 Å². The molecule has 0 aliphatic rings. The van der Waals surface area contributed by atoms with Crippen LogP contribution in [0, 0.1) is 6.92 Å². The standard InChI is InChI=1S/C10H14BrN3O4S/c1-6(2)18-10(15)14-19(16,17)13-8-4-5-9(11)12-7(8)3/h4-6,13H,1-3H3,(H,14,15). The Balaban J connectivity index is 2.77. The van der Waals surface area contributed by atoms with Crippen molar-refractivity contribution in [3.63, 3.8) is 0 Å². The van der Waals surface area contributed by atoms with Gasteiger partial charge in [-0.15, -0.1) is 0 Å². The van der Waals surface area contributed by atoms with Gasteiger partial charge in [0, 0.05) is 0 Å². The monoisotopic (exact) mass is 351 g/mol. The molecule has 0 spiro atoms. The maximum Gasteiger partial charge on any atom is 0.422 e. The largest absolute Gasteiger partial charge is 0.446 e. The van der Waals surface area contributed by atoms with Crippen LogP contribution < -0.4 is 9.44 Å². The van der Waals surface area contributed by atoms with Gasteiger partial charge in [0.1, 0.15) is 4.60 Å². The second kappa shape index (κ2) is 6.20. The number of nitrogens with one attached hydrogen (secondary N) is 2. The van der Waals surface area contributed by atoms with Gasteiger partial charge in [0.2, 0.25) is 0 Å². The van der Waals surface area contributed by atoms with E-state index in [1.165, 1.54) is 6.07 Å². The van der Waals surface area contributed by atoms with Crippen molar-refractivity contribution in [3.8, 4) is 0 Å². The lowest BCUT2D eigenvalue weighted by molar-refractivity contribution is 0.121. The number of aryl methyl sites for hydroxylation is 1. The molecule has 19 heavy (non-hydrogen) atoms. The Morgan fingerprint density at radius 3 is 2.58 bits per heavy atom.